The normalized spacial score (nSPS) is 10.5. The molecule has 0 unspecified atom stereocenters. The maximum absolute atomic E-state index is 12.0. The van der Waals surface area contributed by atoms with Gasteiger partial charge in [-0.05, 0) is 37.3 Å². The Bertz CT molecular complexity index is 894. The molecule has 0 spiro atoms. The van der Waals surface area contributed by atoms with Crippen molar-refractivity contribution in [3.05, 3.63) is 63.3 Å². The van der Waals surface area contributed by atoms with Crippen LogP contribution in [0.5, 0.6) is 5.75 Å². The Labute approximate surface area is 157 Å². The summed E-state index contributed by atoms with van der Waals surface area (Å²) in [7, 11) is 1.62. The highest BCUT2D eigenvalue weighted by Crippen LogP contribution is 2.34. The van der Waals surface area contributed by atoms with Crippen LogP contribution in [0.1, 0.15) is 21.7 Å². The zero-order valence-electron chi connectivity index (χ0n) is 13.7. The zero-order chi connectivity index (χ0) is 17.8. The Morgan fingerprint density at radius 2 is 2.12 bits per heavy atom. The lowest BCUT2D eigenvalue weighted by Gasteiger charge is -2.06. The molecule has 2 aromatic heterocycles. The molecule has 0 saturated carbocycles. The van der Waals surface area contributed by atoms with Gasteiger partial charge in [0.1, 0.15) is 17.4 Å². The summed E-state index contributed by atoms with van der Waals surface area (Å²) in [6.45, 7) is 1.97. The van der Waals surface area contributed by atoms with Crippen molar-refractivity contribution in [3.63, 3.8) is 0 Å². The van der Waals surface area contributed by atoms with Gasteiger partial charge in [-0.2, -0.15) is 0 Å². The Balaban J connectivity index is 1.71. The molecule has 128 valence electrons. The van der Waals surface area contributed by atoms with E-state index in [2.05, 4.69) is 25.9 Å². The van der Waals surface area contributed by atoms with Crippen molar-refractivity contribution in [3.8, 4) is 16.3 Å². The molecular weight excluding hydrogens is 404 g/mol. The topological polar surface area (TPSA) is 61.3 Å². The lowest BCUT2D eigenvalue weighted by atomic mass is 10.2. The molecule has 0 fully saturated rings. The number of methoxy groups -OCH3 is 1. The fourth-order valence-electron chi connectivity index (χ4n) is 2.16. The third-order valence-corrected chi connectivity index (χ3v) is 4.86. The van der Waals surface area contributed by atoms with E-state index in [1.54, 1.807) is 19.2 Å². The Kier molecular flexibility index (Phi) is 5.45. The maximum Gasteiger partial charge on any atom is 0.340 e. The van der Waals surface area contributed by atoms with Crippen LogP contribution >= 0.6 is 27.3 Å². The molecule has 7 heteroatoms. The van der Waals surface area contributed by atoms with Gasteiger partial charge in [0, 0.05) is 21.7 Å². The fourth-order valence-corrected chi connectivity index (χ4v) is 3.34. The third-order valence-electron chi connectivity index (χ3n) is 3.44. The average molecular weight is 419 g/mol. The van der Waals surface area contributed by atoms with E-state index in [-0.39, 0.29) is 6.61 Å². The van der Waals surface area contributed by atoms with E-state index in [9.17, 15) is 4.79 Å². The van der Waals surface area contributed by atoms with Crippen molar-refractivity contribution in [2.45, 2.75) is 13.5 Å². The molecule has 3 aromatic rings. The molecular formula is C18H15BrN2O3S. The van der Waals surface area contributed by atoms with E-state index in [4.69, 9.17) is 9.47 Å². The van der Waals surface area contributed by atoms with Crippen LogP contribution in [0.15, 0.2) is 46.4 Å². The quantitative estimate of drug-likeness (QED) is 0.564. The largest absolute Gasteiger partial charge is 0.496 e. The van der Waals surface area contributed by atoms with Gasteiger partial charge in [-0.1, -0.05) is 15.9 Å². The molecule has 5 nitrogen and oxygen atoms in total. The summed E-state index contributed by atoms with van der Waals surface area (Å²) in [4.78, 5) is 20.7. The lowest BCUT2D eigenvalue weighted by Crippen LogP contribution is -2.06. The standard InChI is InChI=1S/C18H15BrN2O3S/c1-11-3-4-12(8-20-11)18(22)24-9-14-10-25-17(21-14)15-7-13(19)5-6-16(15)23-2/h3-8,10H,9H2,1-2H3. The highest BCUT2D eigenvalue weighted by molar-refractivity contribution is 9.10. The average Bonchev–Trinajstić information content (AvgIpc) is 3.09. The summed E-state index contributed by atoms with van der Waals surface area (Å²) < 4.78 is 11.6. The minimum absolute atomic E-state index is 0.111. The number of aromatic nitrogens is 2. The first-order valence-corrected chi connectivity index (χ1v) is 9.12. The number of hydrogen-bond donors (Lipinski definition) is 0. The second kappa shape index (κ2) is 7.76. The Hall–Kier alpha value is -2.25. The number of thiazole rings is 1. The van der Waals surface area contributed by atoms with Crippen LogP contribution < -0.4 is 4.74 Å². The van der Waals surface area contributed by atoms with Crippen LogP contribution in [0.4, 0.5) is 0 Å². The van der Waals surface area contributed by atoms with Crippen LogP contribution in [0, 0.1) is 6.92 Å². The number of aryl methyl sites for hydroxylation is 1. The van der Waals surface area contributed by atoms with Crippen LogP contribution in [0.3, 0.4) is 0 Å². The molecule has 0 N–H and O–H groups in total. The first-order valence-electron chi connectivity index (χ1n) is 7.45. The van der Waals surface area contributed by atoms with E-state index in [1.165, 1.54) is 17.5 Å². The van der Waals surface area contributed by atoms with Crippen molar-refractivity contribution < 1.29 is 14.3 Å². The Morgan fingerprint density at radius 3 is 2.84 bits per heavy atom. The number of hydrogen-bond acceptors (Lipinski definition) is 6. The van der Waals surface area contributed by atoms with Crippen LogP contribution in [-0.2, 0) is 11.3 Å². The van der Waals surface area contributed by atoms with Crippen LogP contribution in [-0.4, -0.2) is 23.0 Å². The smallest absolute Gasteiger partial charge is 0.340 e. The number of benzene rings is 1. The van der Waals surface area contributed by atoms with Crippen molar-refractivity contribution in [1.82, 2.24) is 9.97 Å². The van der Waals surface area contributed by atoms with Gasteiger partial charge < -0.3 is 9.47 Å². The summed E-state index contributed by atoms with van der Waals surface area (Å²) in [5, 5.41) is 2.68. The third kappa shape index (κ3) is 4.24. The number of rotatable bonds is 5. The van der Waals surface area contributed by atoms with Crippen LogP contribution in [0.25, 0.3) is 10.6 Å². The molecule has 0 atom stereocenters. The predicted molar refractivity (Wildman–Crippen MR) is 99.9 cm³/mol. The number of nitrogens with zero attached hydrogens (tertiary/aromatic N) is 2. The highest BCUT2D eigenvalue weighted by Gasteiger charge is 2.13. The molecule has 25 heavy (non-hydrogen) atoms. The SMILES string of the molecule is COc1ccc(Br)cc1-c1nc(COC(=O)c2ccc(C)nc2)cs1. The molecule has 0 aliphatic heterocycles. The lowest BCUT2D eigenvalue weighted by molar-refractivity contribution is 0.0468. The second-order valence-corrected chi connectivity index (χ2v) is 7.03. The minimum Gasteiger partial charge on any atom is -0.496 e. The summed E-state index contributed by atoms with van der Waals surface area (Å²) in [5.74, 6) is 0.328. The van der Waals surface area contributed by atoms with Crippen molar-refractivity contribution in [2.75, 3.05) is 7.11 Å². The maximum atomic E-state index is 12.0. The monoisotopic (exact) mass is 418 g/mol. The van der Waals surface area contributed by atoms with Crippen molar-refractivity contribution >= 4 is 33.2 Å². The number of ether oxygens (including phenoxy) is 2. The summed E-state index contributed by atoms with van der Waals surface area (Å²) in [6, 6.07) is 9.21. The first kappa shape index (κ1) is 17.6. The van der Waals surface area contributed by atoms with Crippen molar-refractivity contribution in [2.24, 2.45) is 0 Å². The number of carbonyl (C=O) groups excluding carboxylic acids is 1. The molecule has 2 heterocycles. The van der Waals surface area contributed by atoms with Gasteiger partial charge in [0.15, 0.2) is 0 Å². The van der Waals surface area contributed by atoms with E-state index in [1.807, 2.05) is 30.5 Å². The number of halogens is 1. The van der Waals surface area contributed by atoms with Gasteiger partial charge >= 0.3 is 5.97 Å². The second-order valence-electron chi connectivity index (χ2n) is 5.25. The van der Waals surface area contributed by atoms with Gasteiger partial charge in [-0.3, -0.25) is 4.98 Å². The molecule has 0 aliphatic rings. The fraction of sp³-hybridized carbons (Fsp3) is 0.167. The molecule has 1 aromatic carbocycles. The Morgan fingerprint density at radius 1 is 1.28 bits per heavy atom. The molecule has 0 bridgehead atoms. The number of esters is 1. The molecule has 0 radical (unpaired) electrons. The summed E-state index contributed by atoms with van der Waals surface area (Å²) >= 11 is 4.93. The van der Waals surface area contributed by atoms with E-state index < -0.39 is 5.97 Å². The minimum atomic E-state index is -0.415. The van der Waals surface area contributed by atoms with Gasteiger partial charge in [0.2, 0.25) is 0 Å². The highest BCUT2D eigenvalue weighted by atomic mass is 79.9. The summed E-state index contributed by atoms with van der Waals surface area (Å²) in [6.07, 6.45) is 1.51. The van der Waals surface area contributed by atoms with E-state index in [0.29, 0.717) is 11.3 Å². The molecule has 0 saturated heterocycles. The zero-order valence-corrected chi connectivity index (χ0v) is 16.1. The summed E-state index contributed by atoms with van der Waals surface area (Å²) in [5.41, 5.74) is 2.86. The number of carbonyl (C=O) groups is 1. The molecule has 3 rings (SSSR count). The van der Waals surface area contributed by atoms with E-state index in [0.717, 1.165) is 26.5 Å². The predicted octanol–water partition coefficient (Wildman–Crippen LogP) is 4.64. The molecule has 0 aliphatic carbocycles. The van der Waals surface area contributed by atoms with Crippen molar-refractivity contribution in [1.29, 1.82) is 0 Å². The van der Waals surface area contributed by atoms with Gasteiger partial charge in [-0.25, -0.2) is 9.78 Å². The van der Waals surface area contributed by atoms with Gasteiger partial charge in [0.25, 0.3) is 0 Å². The molecule has 0 amide bonds. The first-order chi connectivity index (χ1) is 12.1. The van der Waals surface area contributed by atoms with Crippen LogP contribution in [0.2, 0.25) is 0 Å². The number of pyridine rings is 1. The van der Waals surface area contributed by atoms with Gasteiger partial charge in [0.05, 0.1) is 23.9 Å². The van der Waals surface area contributed by atoms with Gasteiger partial charge in [-0.15, -0.1) is 11.3 Å². The van der Waals surface area contributed by atoms with E-state index >= 15 is 0 Å².